The molecule has 5 heteroatoms. The van der Waals surface area contributed by atoms with Crippen LogP contribution in [0.4, 0.5) is 8.78 Å². The number of halogens is 2. The van der Waals surface area contributed by atoms with Crippen LogP contribution in [0.2, 0.25) is 0 Å². The summed E-state index contributed by atoms with van der Waals surface area (Å²) in [7, 11) is 0. The Morgan fingerprint density at radius 2 is 2.11 bits per heavy atom. The smallest absolute Gasteiger partial charge is 0.338 e. The number of carbonyl (C=O) groups excluding carboxylic acids is 1. The summed E-state index contributed by atoms with van der Waals surface area (Å²) in [5.74, 6) is -2.68. The Morgan fingerprint density at radius 3 is 2.74 bits per heavy atom. The number of carbonyl (C=O) groups is 1. The van der Waals surface area contributed by atoms with Crippen LogP contribution in [0.25, 0.3) is 0 Å². The molecule has 0 aliphatic heterocycles. The van der Waals surface area contributed by atoms with Crippen LogP contribution in [0, 0.1) is 11.6 Å². The zero-order valence-electron chi connectivity index (χ0n) is 11.2. The Bertz CT molecular complexity index is 424. The number of benzene rings is 1. The van der Waals surface area contributed by atoms with Crippen molar-refractivity contribution < 1.29 is 18.3 Å². The summed E-state index contributed by atoms with van der Waals surface area (Å²) in [4.78, 5) is 11.7. The number of nitrogens with one attached hydrogen (secondary N) is 1. The molecule has 0 amide bonds. The third kappa shape index (κ3) is 5.34. The molecule has 1 unspecified atom stereocenters. The van der Waals surface area contributed by atoms with Crippen LogP contribution in [0.1, 0.15) is 37.0 Å². The third-order valence-electron chi connectivity index (χ3n) is 2.60. The SMILES string of the molecule is CCCCNCC(C)OC(=O)c1ccc(F)c(F)c1. The van der Waals surface area contributed by atoms with E-state index in [9.17, 15) is 13.6 Å². The molecule has 0 aliphatic carbocycles. The van der Waals surface area contributed by atoms with Gasteiger partial charge in [-0.15, -0.1) is 0 Å². The van der Waals surface area contributed by atoms with Gasteiger partial charge in [0, 0.05) is 6.54 Å². The molecule has 0 saturated carbocycles. The standard InChI is InChI=1S/C14H19F2NO2/c1-3-4-7-17-9-10(2)19-14(18)11-5-6-12(15)13(16)8-11/h5-6,8,10,17H,3-4,7,9H2,1-2H3. The highest BCUT2D eigenvalue weighted by molar-refractivity contribution is 5.89. The predicted molar refractivity (Wildman–Crippen MR) is 69.0 cm³/mol. The molecule has 19 heavy (non-hydrogen) atoms. The molecule has 3 nitrogen and oxygen atoms in total. The summed E-state index contributed by atoms with van der Waals surface area (Å²) in [6.45, 7) is 5.24. The minimum Gasteiger partial charge on any atom is -0.458 e. The topological polar surface area (TPSA) is 38.3 Å². The first-order chi connectivity index (χ1) is 9.04. The molecule has 1 rings (SSSR count). The lowest BCUT2D eigenvalue weighted by Gasteiger charge is -2.14. The molecule has 106 valence electrons. The van der Waals surface area contributed by atoms with Crippen molar-refractivity contribution in [1.82, 2.24) is 5.32 Å². The van der Waals surface area contributed by atoms with E-state index in [2.05, 4.69) is 12.2 Å². The lowest BCUT2D eigenvalue weighted by atomic mass is 10.2. The Kier molecular flexibility index (Phi) is 6.42. The largest absolute Gasteiger partial charge is 0.458 e. The fraction of sp³-hybridized carbons (Fsp3) is 0.500. The molecule has 1 aromatic carbocycles. The molecular weight excluding hydrogens is 252 g/mol. The summed E-state index contributed by atoms with van der Waals surface area (Å²) in [5, 5.41) is 3.15. The highest BCUT2D eigenvalue weighted by Crippen LogP contribution is 2.10. The molecule has 1 atom stereocenters. The van der Waals surface area contributed by atoms with Gasteiger partial charge < -0.3 is 10.1 Å². The summed E-state index contributed by atoms with van der Waals surface area (Å²) < 4.78 is 30.8. The number of esters is 1. The molecule has 0 saturated heterocycles. The van der Waals surface area contributed by atoms with Crippen LogP contribution in [-0.4, -0.2) is 25.2 Å². The highest BCUT2D eigenvalue weighted by Gasteiger charge is 2.14. The van der Waals surface area contributed by atoms with Crippen molar-refractivity contribution in [3.05, 3.63) is 35.4 Å². The molecule has 1 N–H and O–H groups in total. The van der Waals surface area contributed by atoms with Gasteiger partial charge in [0.25, 0.3) is 0 Å². The number of hydrogen-bond acceptors (Lipinski definition) is 3. The number of ether oxygens (including phenoxy) is 1. The number of hydrogen-bond donors (Lipinski definition) is 1. The Balaban J connectivity index is 2.43. The van der Waals surface area contributed by atoms with Crippen LogP contribution in [-0.2, 0) is 4.74 Å². The van der Waals surface area contributed by atoms with Crippen molar-refractivity contribution in [3.63, 3.8) is 0 Å². The van der Waals surface area contributed by atoms with Crippen molar-refractivity contribution in [2.75, 3.05) is 13.1 Å². The van der Waals surface area contributed by atoms with E-state index >= 15 is 0 Å². The van der Waals surface area contributed by atoms with Gasteiger partial charge in [0.15, 0.2) is 11.6 Å². The maximum absolute atomic E-state index is 13.0. The van der Waals surface area contributed by atoms with Crippen LogP contribution in [0.15, 0.2) is 18.2 Å². The zero-order valence-corrected chi connectivity index (χ0v) is 11.2. The molecule has 0 radical (unpaired) electrons. The van der Waals surface area contributed by atoms with Crippen LogP contribution >= 0.6 is 0 Å². The van der Waals surface area contributed by atoms with Crippen molar-refractivity contribution >= 4 is 5.97 Å². The monoisotopic (exact) mass is 271 g/mol. The van der Waals surface area contributed by atoms with Crippen molar-refractivity contribution in [2.45, 2.75) is 32.8 Å². The molecule has 0 aromatic heterocycles. The van der Waals surface area contributed by atoms with E-state index < -0.39 is 17.6 Å². The average molecular weight is 271 g/mol. The number of rotatable bonds is 7. The molecule has 0 aliphatic rings. The van der Waals surface area contributed by atoms with Gasteiger partial charge in [0.2, 0.25) is 0 Å². The van der Waals surface area contributed by atoms with Gasteiger partial charge in [-0.25, -0.2) is 13.6 Å². The second-order valence-electron chi connectivity index (χ2n) is 4.40. The first-order valence-electron chi connectivity index (χ1n) is 6.41. The number of unbranched alkanes of at least 4 members (excludes halogenated alkanes) is 1. The maximum Gasteiger partial charge on any atom is 0.338 e. The molecule has 0 spiro atoms. The second kappa shape index (κ2) is 7.84. The van der Waals surface area contributed by atoms with Gasteiger partial charge in [-0.05, 0) is 38.1 Å². The fourth-order valence-corrected chi connectivity index (χ4v) is 1.52. The van der Waals surface area contributed by atoms with E-state index in [0.29, 0.717) is 6.54 Å². The summed E-state index contributed by atoms with van der Waals surface area (Å²) in [6, 6.07) is 2.96. The maximum atomic E-state index is 13.0. The minimum atomic E-state index is -1.05. The average Bonchev–Trinajstić information content (AvgIpc) is 2.38. The summed E-state index contributed by atoms with van der Waals surface area (Å²) in [5.41, 5.74) is 0.0132. The Morgan fingerprint density at radius 1 is 1.37 bits per heavy atom. The van der Waals surface area contributed by atoms with Gasteiger partial charge >= 0.3 is 5.97 Å². The predicted octanol–water partition coefficient (Wildman–Crippen LogP) is 2.90. The minimum absolute atomic E-state index is 0.0132. The fourth-order valence-electron chi connectivity index (χ4n) is 1.52. The van der Waals surface area contributed by atoms with Crippen molar-refractivity contribution in [2.24, 2.45) is 0 Å². The second-order valence-corrected chi connectivity index (χ2v) is 4.40. The van der Waals surface area contributed by atoms with Gasteiger partial charge in [-0.1, -0.05) is 13.3 Å². The summed E-state index contributed by atoms with van der Waals surface area (Å²) >= 11 is 0. The normalized spacial score (nSPS) is 12.2. The lowest BCUT2D eigenvalue weighted by Crippen LogP contribution is -2.29. The highest BCUT2D eigenvalue weighted by atomic mass is 19.2. The lowest BCUT2D eigenvalue weighted by molar-refractivity contribution is 0.0342. The Labute approximate surface area is 112 Å². The van der Waals surface area contributed by atoms with Gasteiger partial charge in [-0.3, -0.25) is 0 Å². The third-order valence-corrected chi connectivity index (χ3v) is 2.60. The van der Waals surface area contributed by atoms with E-state index in [1.807, 2.05) is 0 Å². The van der Waals surface area contributed by atoms with Gasteiger partial charge in [-0.2, -0.15) is 0 Å². The van der Waals surface area contributed by atoms with E-state index in [4.69, 9.17) is 4.74 Å². The zero-order chi connectivity index (χ0) is 14.3. The van der Waals surface area contributed by atoms with Crippen LogP contribution in [0.5, 0.6) is 0 Å². The van der Waals surface area contributed by atoms with E-state index in [1.54, 1.807) is 6.92 Å². The first-order valence-corrected chi connectivity index (χ1v) is 6.41. The van der Waals surface area contributed by atoms with Gasteiger partial charge in [0.05, 0.1) is 5.56 Å². The van der Waals surface area contributed by atoms with E-state index in [1.165, 1.54) is 6.07 Å². The van der Waals surface area contributed by atoms with E-state index in [-0.39, 0.29) is 11.7 Å². The van der Waals surface area contributed by atoms with Gasteiger partial charge in [0.1, 0.15) is 6.10 Å². The summed E-state index contributed by atoms with van der Waals surface area (Å²) in [6.07, 6.45) is 1.83. The molecule has 0 bridgehead atoms. The molecular formula is C14H19F2NO2. The Hall–Kier alpha value is -1.49. The van der Waals surface area contributed by atoms with Crippen molar-refractivity contribution in [1.29, 1.82) is 0 Å². The molecule has 0 heterocycles. The molecule has 1 aromatic rings. The quantitative estimate of drug-likeness (QED) is 0.612. The first kappa shape index (κ1) is 15.6. The van der Waals surface area contributed by atoms with Crippen molar-refractivity contribution in [3.8, 4) is 0 Å². The van der Waals surface area contributed by atoms with Crippen LogP contribution < -0.4 is 5.32 Å². The van der Waals surface area contributed by atoms with Crippen LogP contribution in [0.3, 0.4) is 0 Å². The van der Waals surface area contributed by atoms with E-state index in [0.717, 1.165) is 31.5 Å². The molecule has 0 fully saturated rings.